The molecule has 7 nitrogen and oxygen atoms in total. The molecule has 1 N–H and O–H groups in total. The molecular weight excluding hydrogens is 452 g/mol. The highest BCUT2D eigenvalue weighted by atomic mass is 35.5. The van der Waals surface area contributed by atoms with E-state index in [-0.39, 0.29) is 17.4 Å². The lowest BCUT2D eigenvalue weighted by molar-refractivity contribution is 0.0773. The van der Waals surface area contributed by atoms with Crippen LogP contribution in [0.2, 0.25) is 5.02 Å². The number of ether oxygens (including phenoxy) is 2. The number of rotatable bonds is 9. The molecule has 0 saturated carbocycles. The highest BCUT2D eigenvalue weighted by Gasteiger charge is 2.17. The van der Waals surface area contributed by atoms with Crippen LogP contribution < -0.4 is 14.2 Å². The molecule has 0 aliphatic rings. The molecule has 9 heteroatoms. The van der Waals surface area contributed by atoms with Crippen LogP contribution in [0.4, 0.5) is 5.69 Å². The Kier molecular flexibility index (Phi) is 7.61. The molecule has 0 fully saturated rings. The van der Waals surface area contributed by atoms with Gasteiger partial charge in [0.15, 0.2) is 0 Å². The van der Waals surface area contributed by atoms with E-state index in [0.717, 1.165) is 0 Å². The maximum absolute atomic E-state index is 12.6. The first-order valence-electron chi connectivity index (χ1n) is 9.70. The molecule has 3 rings (SSSR count). The molecule has 0 aromatic heterocycles. The first-order valence-corrected chi connectivity index (χ1v) is 11.6. The topological polar surface area (TPSA) is 84.9 Å². The van der Waals surface area contributed by atoms with Crippen LogP contribution in [0, 0.1) is 0 Å². The number of para-hydroxylation sites is 1. The smallest absolute Gasteiger partial charge is 0.261 e. The maximum atomic E-state index is 12.6. The number of anilines is 1. The molecule has 3 aromatic rings. The number of amides is 1. The molecule has 0 atom stereocenters. The second kappa shape index (κ2) is 10.4. The summed E-state index contributed by atoms with van der Waals surface area (Å²) in [6.45, 7) is 0.605. The van der Waals surface area contributed by atoms with Crippen molar-refractivity contribution >= 4 is 33.2 Å². The van der Waals surface area contributed by atoms with E-state index in [1.807, 2.05) is 6.07 Å². The van der Waals surface area contributed by atoms with Crippen molar-refractivity contribution in [2.24, 2.45) is 0 Å². The van der Waals surface area contributed by atoms with Crippen LogP contribution in [-0.4, -0.2) is 46.5 Å². The number of sulfonamides is 1. The first-order chi connectivity index (χ1) is 15.3. The third-order valence-corrected chi connectivity index (χ3v) is 6.33. The lowest BCUT2D eigenvalue weighted by Gasteiger charge is -2.18. The SMILES string of the molecule is COc1ccc(NS(=O)(=O)c2ccc(C(=O)N(C)CCOc3ccccc3Cl)cc2)cc1. The summed E-state index contributed by atoms with van der Waals surface area (Å²) >= 11 is 6.05. The van der Waals surface area contributed by atoms with Crippen LogP contribution in [0.25, 0.3) is 0 Å². The molecule has 0 heterocycles. The van der Waals surface area contributed by atoms with Gasteiger partial charge in [0.1, 0.15) is 18.1 Å². The van der Waals surface area contributed by atoms with Crippen LogP contribution in [0.3, 0.4) is 0 Å². The zero-order chi connectivity index (χ0) is 23.1. The second-order valence-electron chi connectivity index (χ2n) is 6.86. The average molecular weight is 475 g/mol. The molecule has 168 valence electrons. The predicted octanol–water partition coefficient (Wildman–Crippen LogP) is 4.30. The maximum Gasteiger partial charge on any atom is 0.261 e. The van der Waals surface area contributed by atoms with E-state index < -0.39 is 10.0 Å². The second-order valence-corrected chi connectivity index (χ2v) is 8.95. The van der Waals surface area contributed by atoms with Crippen molar-refractivity contribution in [3.63, 3.8) is 0 Å². The van der Waals surface area contributed by atoms with E-state index in [4.69, 9.17) is 21.1 Å². The summed E-state index contributed by atoms with van der Waals surface area (Å²) in [5.74, 6) is 0.922. The third-order valence-electron chi connectivity index (χ3n) is 4.62. The standard InChI is InChI=1S/C23H23ClN2O5S/c1-26(15-16-31-22-6-4-3-5-21(22)24)23(27)17-7-13-20(14-8-17)32(28,29)25-18-9-11-19(30-2)12-10-18/h3-14,25H,15-16H2,1-2H3. The number of carbonyl (C=O) groups is 1. The van der Waals surface area contributed by atoms with Gasteiger partial charge in [0.2, 0.25) is 0 Å². The molecular formula is C23H23ClN2O5S. The Bertz CT molecular complexity index is 1170. The number of carbonyl (C=O) groups excluding carboxylic acids is 1. The van der Waals surface area contributed by atoms with Crippen molar-refractivity contribution in [1.29, 1.82) is 0 Å². The monoisotopic (exact) mass is 474 g/mol. The number of halogens is 1. The van der Waals surface area contributed by atoms with Gasteiger partial charge in [0.25, 0.3) is 15.9 Å². The summed E-state index contributed by atoms with van der Waals surface area (Å²) in [6.07, 6.45) is 0. The van der Waals surface area contributed by atoms with Gasteiger partial charge in [-0.3, -0.25) is 9.52 Å². The molecule has 1 amide bonds. The van der Waals surface area contributed by atoms with E-state index in [0.29, 0.717) is 34.3 Å². The lowest BCUT2D eigenvalue weighted by Crippen LogP contribution is -2.30. The van der Waals surface area contributed by atoms with Crippen molar-refractivity contribution in [1.82, 2.24) is 4.90 Å². The average Bonchev–Trinajstić information content (AvgIpc) is 2.80. The number of likely N-dealkylation sites (N-methyl/N-ethyl adjacent to an activating group) is 1. The van der Waals surface area contributed by atoms with E-state index in [9.17, 15) is 13.2 Å². The molecule has 0 aliphatic carbocycles. The zero-order valence-electron chi connectivity index (χ0n) is 17.6. The fourth-order valence-electron chi connectivity index (χ4n) is 2.83. The van der Waals surface area contributed by atoms with Crippen LogP contribution >= 0.6 is 11.6 Å². The van der Waals surface area contributed by atoms with Gasteiger partial charge in [-0.25, -0.2) is 8.42 Å². The Morgan fingerprint density at radius 2 is 1.66 bits per heavy atom. The number of nitrogens with zero attached hydrogens (tertiary/aromatic N) is 1. The van der Waals surface area contributed by atoms with Crippen LogP contribution in [0.5, 0.6) is 11.5 Å². The van der Waals surface area contributed by atoms with Gasteiger partial charge in [0, 0.05) is 18.3 Å². The van der Waals surface area contributed by atoms with E-state index >= 15 is 0 Å². The molecule has 0 bridgehead atoms. The highest BCUT2D eigenvalue weighted by Crippen LogP contribution is 2.23. The number of nitrogens with one attached hydrogen (secondary N) is 1. The minimum Gasteiger partial charge on any atom is -0.497 e. The summed E-state index contributed by atoms with van der Waals surface area (Å²) < 4.78 is 38.4. The highest BCUT2D eigenvalue weighted by molar-refractivity contribution is 7.92. The summed E-state index contributed by atoms with van der Waals surface area (Å²) in [6, 6.07) is 19.4. The van der Waals surface area contributed by atoms with Crippen LogP contribution in [0.15, 0.2) is 77.7 Å². The minimum absolute atomic E-state index is 0.0505. The van der Waals surface area contributed by atoms with Gasteiger partial charge in [-0.05, 0) is 60.7 Å². The van der Waals surface area contributed by atoms with Gasteiger partial charge in [-0.15, -0.1) is 0 Å². The molecule has 3 aromatic carbocycles. The zero-order valence-corrected chi connectivity index (χ0v) is 19.2. The fraction of sp³-hybridized carbons (Fsp3) is 0.174. The summed E-state index contributed by atoms with van der Waals surface area (Å²) in [4.78, 5) is 14.2. The Labute approximate surface area is 192 Å². The van der Waals surface area contributed by atoms with E-state index in [2.05, 4.69) is 4.72 Å². The lowest BCUT2D eigenvalue weighted by atomic mass is 10.2. The Hall–Kier alpha value is -3.23. The molecule has 32 heavy (non-hydrogen) atoms. The normalized spacial score (nSPS) is 11.0. The molecule has 0 radical (unpaired) electrons. The van der Waals surface area contributed by atoms with Crippen molar-refractivity contribution in [2.45, 2.75) is 4.90 Å². The molecule has 0 unspecified atom stereocenters. The summed E-state index contributed by atoms with van der Waals surface area (Å²) in [5.41, 5.74) is 0.776. The molecule has 0 spiro atoms. The Balaban J connectivity index is 1.59. The largest absolute Gasteiger partial charge is 0.497 e. The van der Waals surface area contributed by atoms with Crippen molar-refractivity contribution in [2.75, 3.05) is 32.0 Å². The van der Waals surface area contributed by atoms with E-state index in [1.54, 1.807) is 49.5 Å². The fourth-order valence-corrected chi connectivity index (χ4v) is 4.07. The quantitative estimate of drug-likeness (QED) is 0.499. The Morgan fingerprint density at radius 3 is 2.28 bits per heavy atom. The number of benzene rings is 3. The van der Waals surface area contributed by atoms with Gasteiger partial charge >= 0.3 is 0 Å². The predicted molar refractivity (Wildman–Crippen MR) is 124 cm³/mol. The van der Waals surface area contributed by atoms with Gasteiger partial charge in [-0.1, -0.05) is 23.7 Å². The van der Waals surface area contributed by atoms with Crippen molar-refractivity contribution in [3.05, 3.63) is 83.4 Å². The third kappa shape index (κ3) is 5.93. The number of methoxy groups -OCH3 is 1. The van der Waals surface area contributed by atoms with Crippen LogP contribution in [-0.2, 0) is 10.0 Å². The van der Waals surface area contributed by atoms with Crippen molar-refractivity contribution in [3.8, 4) is 11.5 Å². The van der Waals surface area contributed by atoms with Gasteiger partial charge < -0.3 is 14.4 Å². The molecule has 0 aliphatic heterocycles. The minimum atomic E-state index is -3.79. The first kappa shape index (κ1) is 23.4. The molecule has 0 saturated heterocycles. The summed E-state index contributed by atoms with van der Waals surface area (Å²) in [7, 11) is -0.613. The van der Waals surface area contributed by atoms with Crippen molar-refractivity contribution < 1.29 is 22.7 Å². The summed E-state index contributed by atoms with van der Waals surface area (Å²) in [5, 5.41) is 0.501. The van der Waals surface area contributed by atoms with Crippen LogP contribution in [0.1, 0.15) is 10.4 Å². The number of hydrogen-bond donors (Lipinski definition) is 1. The van der Waals surface area contributed by atoms with Gasteiger partial charge in [0.05, 0.1) is 23.6 Å². The van der Waals surface area contributed by atoms with Gasteiger partial charge in [-0.2, -0.15) is 0 Å². The number of hydrogen-bond acceptors (Lipinski definition) is 5. The van der Waals surface area contributed by atoms with E-state index in [1.165, 1.54) is 36.3 Å². The Morgan fingerprint density at radius 1 is 1.00 bits per heavy atom.